The van der Waals surface area contributed by atoms with Crippen molar-refractivity contribution in [2.75, 3.05) is 31.1 Å². The van der Waals surface area contributed by atoms with Gasteiger partial charge in [0.1, 0.15) is 0 Å². The molecule has 2 aromatic rings. The minimum atomic E-state index is 0.175. The van der Waals surface area contributed by atoms with E-state index in [0.717, 1.165) is 61.0 Å². The topological polar surface area (TPSA) is 49.3 Å². The van der Waals surface area contributed by atoms with Gasteiger partial charge in [0.2, 0.25) is 0 Å². The Bertz CT molecular complexity index is 667. The van der Waals surface area contributed by atoms with Crippen LogP contribution < -0.4 is 4.90 Å². The summed E-state index contributed by atoms with van der Waals surface area (Å²) in [5, 5.41) is 10.4. The predicted octanol–water partition coefficient (Wildman–Crippen LogP) is 2.76. The summed E-state index contributed by atoms with van der Waals surface area (Å²) >= 11 is 1.55. The maximum absolute atomic E-state index is 12.8. The van der Waals surface area contributed by atoms with Crippen LogP contribution in [0.3, 0.4) is 0 Å². The Morgan fingerprint density at radius 1 is 1.17 bits per heavy atom. The minimum Gasteiger partial charge on any atom is -0.353 e. The van der Waals surface area contributed by atoms with Gasteiger partial charge >= 0.3 is 0 Å². The molecule has 23 heavy (non-hydrogen) atoms. The molecule has 2 aromatic heterocycles. The lowest BCUT2D eigenvalue weighted by molar-refractivity contribution is 0.0771. The van der Waals surface area contributed by atoms with Crippen molar-refractivity contribution in [3.8, 4) is 0 Å². The third-order valence-corrected chi connectivity index (χ3v) is 5.16. The van der Waals surface area contributed by atoms with Crippen LogP contribution in [0.25, 0.3) is 0 Å². The summed E-state index contributed by atoms with van der Waals surface area (Å²) in [5.74, 6) is 1.07. The highest BCUT2D eigenvalue weighted by Crippen LogP contribution is 2.21. The fourth-order valence-electron chi connectivity index (χ4n) is 2.86. The highest BCUT2D eigenvalue weighted by atomic mass is 32.1. The van der Waals surface area contributed by atoms with Crippen molar-refractivity contribution in [3.05, 3.63) is 39.7 Å². The van der Waals surface area contributed by atoms with Gasteiger partial charge in [-0.1, -0.05) is 6.92 Å². The molecule has 0 spiro atoms. The van der Waals surface area contributed by atoms with E-state index in [1.807, 2.05) is 29.3 Å². The van der Waals surface area contributed by atoms with E-state index in [1.165, 1.54) is 0 Å². The van der Waals surface area contributed by atoms with Crippen LogP contribution in [0.1, 0.15) is 34.3 Å². The molecule has 0 unspecified atom stereocenters. The van der Waals surface area contributed by atoms with Crippen LogP contribution >= 0.6 is 11.3 Å². The van der Waals surface area contributed by atoms with Crippen LogP contribution in [0.5, 0.6) is 0 Å². The maximum Gasteiger partial charge on any atom is 0.264 e. The third kappa shape index (κ3) is 3.52. The summed E-state index contributed by atoms with van der Waals surface area (Å²) < 4.78 is 0. The molecule has 1 aliphatic rings. The summed E-state index contributed by atoms with van der Waals surface area (Å²) in [6.07, 6.45) is 1.86. The number of anilines is 1. The zero-order chi connectivity index (χ0) is 16.2. The lowest BCUT2D eigenvalue weighted by Crippen LogP contribution is -2.35. The van der Waals surface area contributed by atoms with Crippen molar-refractivity contribution < 1.29 is 4.79 Å². The van der Waals surface area contributed by atoms with Gasteiger partial charge in [-0.25, -0.2) is 0 Å². The summed E-state index contributed by atoms with van der Waals surface area (Å²) in [6, 6.07) is 6.05. The number of amides is 1. The Kier molecular flexibility index (Phi) is 4.91. The van der Waals surface area contributed by atoms with Gasteiger partial charge < -0.3 is 9.80 Å². The van der Waals surface area contributed by atoms with Crippen LogP contribution in [-0.2, 0) is 6.42 Å². The SMILES string of the molecule is CCc1ccsc1C(=O)N1CCCN(c2ccc(C)nn2)CC1. The Morgan fingerprint density at radius 2 is 2.04 bits per heavy atom. The van der Waals surface area contributed by atoms with E-state index in [0.29, 0.717) is 0 Å². The first-order chi connectivity index (χ1) is 11.2. The average molecular weight is 330 g/mol. The Morgan fingerprint density at radius 3 is 2.78 bits per heavy atom. The number of aryl methyl sites for hydroxylation is 2. The zero-order valence-electron chi connectivity index (χ0n) is 13.7. The molecule has 0 radical (unpaired) electrons. The molecule has 1 amide bonds. The number of carbonyl (C=O) groups is 1. The molecule has 1 saturated heterocycles. The van der Waals surface area contributed by atoms with Crippen molar-refractivity contribution in [3.63, 3.8) is 0 Å². The Balaban J connectivity index is 1.68. The van der Waals surface area contributed by atoms with E-state index < -0.39 is 0 Å². The van der Waals surface area contributed by atoms with Crippen molar-refractivity contribution in [1.82, 2.24) is 15.1 Å². The number of carbonyl (C=O) groups excluding carboxylic acids is 1. The quantitative estimate of drug-likeness (QED) is 0.868. The molecule has 3 rings (SSSR count). The van der Waals surface area contributed by atoms with Crippen LogP contribution in [0, 0.1) is 6.92 Å². The van der Waals surface area contributed by atoms with Gasteiger partial charge in [0.15, 0.2) is 5.82 Å². The van der Waals surface area contributed by atoms with E-state index in [-0.39, 0.29) is 5.91 Å². The fourth-order valence-corrected chi connectivity index (χ4v) is 3.82. The normalized spacial score (nSPS) is 15.6. The van der Waals surface area contributed by atoms with Gasteiger partial charge in [0.05, 0.1) is 10.6 Å². The molecule has 0 N–H and O–H groups in total. The van der Waals surface area contributed by atoms with Gasteiger partial charge in [-0.15, -0.1) is 16.4 Å². The standard InChI is InChI=1S/C17H22N4OS/c1-3-14-7-12-23-16(14)17(22)21-9-4-8-20(10-11-21)15-6-5-13(2)18-19-15/h5-7,12H,3-4,8-11H2,1-2H3. The summed E-state index contributed by atoms with van der Waals surface area (Å²) in [4.78, 5) is 17.9. The molecule has 3 heterocycles. The number of rotatable bonds is 3. The molecule has 0 aromatic carbocycles. The molecule has 5 nitrogen and oxygen atoms in total. The molecule has 122 valence electrons. The first-order valence-electron chi connectivity index (χ1n) is 8.10. The molecule has 0 saturated carbocycles. The molecule has 0 bridgehead atoms. The van der Waals surface area contributed by atoms with Gasteiger partial charge in [-0.3, -0.25) is 4.79 Å². The molecule has 6 heteroatoms. The Hall–Kier alpha value is -1.95. The summed E-state index contributed by atoms with van der Waals surface area (Å²) in [5.41, 5.74) is 2.08. The zero-order valence-corrected chi connectivity index (χ0v) is 14.5. The third-order valence-electron chi connectivity index (χ3n) is 4.21. The average Bonchev–Trinajstić information content (AvgIpc) is 2.91. The smallest absolute Gasteiger partial charge is 0.264 e. The predicted molar refractivity (Wildman–Crippen MR) is 93.2 cm³/mol. The maximum atomic E-state index is 12.8. The number of nitrogens with zero attached hydrogens (tertiary/aromatic N) is 4. The van der Waals surface area contributed by atoms with E-state index in [1.54, 1.807) is 11.3 Å². The van der Waals surface area contributed by atoms with Crippen molar-refractivity contribution >= 4 is 23.1 Å². The molecular formula is C17H22N4OS. The first-order valence-corrected chi connectivity index (χ1v) is 8.98. The van der Waals surface area contributed by atoms with E-state index in [2.05, 4.69) is 28.1 Å². The Labute approximate surface area is 140 Å². The monoisotopic (exact) mass is 330 g/mol. The van der Waals surface area contributed by atoms with Crippen LogP contribution in [0.15, 0.2) is 23.6 Å². The number of hydrogen-bond donors (Lipinski definition) is 0. The van der Waals surface area contributed by atoms with Crippen LogP contribution in [0.2, 0.25) is 0 Å². The highest BCUT2D eigenvalue weighted by Gasteiger charge is 2.23. The van der Waals surface area contributed by atoms with Crippen molar-refractivity contribution in [2.45, 2.75) is 26.7 Å². The van der Waals surface area contributed by atoms with E-state index >= 15 is 0 Å². The van der Waals surface area contributed by atoms with Crippen LogP contribution in [-0.4, -0.2) is 47.2 Å². The number of aromatic nitrogens is 2. The second kappa shape index (κ2) is 7.08. The fraction of sp³-hybridized carbons (Fsp3) is 0.471. The second-order valence-corrected chi connectivity index (χ2v) is 6.71. The summed E-state index contributed by atoms with van der Waals surface area (Å²) in [6.45, 7) is 7.28. The van der Waals surface area contributed by atoms with E-state index in [4.69, 9.17) is 0 Å². The first kappa shape index (κ1) is 15.9. The highest BCUT2D eigenvalue weighted by molar-refractivity contribution is 7.12. The van der Waals surface area contributed by atoms with Gasteiger partial charge in [-0.2, -0.15) is 5.10 Å². The van der Waals surface area contributed by atoms with Crippen molar-refractivity contribution in [2.24, 2.45) is 0 Å². The van der Waals surface area contributed by atoms with Crippen molar-refractivity contribution in [1.29, 1.82) is 0 Å². The molecule has 1 fully saturated rings. The number of hydrogen-bond acceptors (Lipinski definition) is 5. The van der Waals surface area contributed by atoms with Crippen LogP contribution in [0.4, 0.5) is 5.82 Å². The molecule has 1 aliphatic heterocycles. The molecule has 0 aliphatic carbocycles. The van der Waals surface area contributed by atoms with Gasteiger partial charge in [0, 0.05) is 26.2 Å². The van der Waals surface area contributed by atoms with Gasteiger partial charge in [0.25, 0.3) is 5.91 Å². The van der Waals surface area contributed by atoms with E-state index in [9.17, 15) is 4.79 Å². The molecular weight excluding hydrogens is 308 g/mol. The number of thiophene rings is 1. The van der Waals surface area contributed by atoms with Gasteiger partial charge in [-0.05, 0) is 48.9 Å². The lowest BCUT2D eigenvalue weighted by Gasteiger charge is -2.22. The lowest BCUT2D eigenvalue weighted by atomic mass is 10.2. The largest absolute Gasteiger partial charge is 0.353 e. The minimum absolute atomic E-state index is 0.175. The summed E-state index contributed by atoms with van der Waals surface area (Å²) in [7, 11) is 0. The molecule has 0 atom stereocenters. The second-order valence-electron chi connectivity index (χ2n) is 5.79.